The zero-order valence-electron chi connectivity index (χ0n) is 23.4. The molecule has 0 heterocycles. The first kappa shape index (κ1) is 32.6. The molecule has 3 N–H and O–H groups in total. The van der Waals surface area contributed by atoms with Gasteiger partial charge in [0.15, 0.2) is 12.1 Å². The molecule has 1 aromatic carbocycles. The molecule has 0 aromatic heterocycles. The molecule has 0 aliphatic rings. The summed E-state index contributed by atoms with van der Waals surface area (Å²) in [6.45, 7) is 14.2. The molecule has 0 aliphatic carbocycles. The Morgan fingerprint density at radius 1 is 0.868 bits per heavy atom. The van der Waals surface area contributed by atoms with Crippen LogP contribution in [0, 0.1) is 6.92 Å². The van der Waals surface area contributed by atoms with E-state index in [1.165, 1.54) is 13.8 Å². The number of nitrogens with one attached hydrogen (secondary N) is 2. The zero-order chi connectivity index (χ0) is 29.3. The Bertz CT molecular complexity index is 966. The highest BCUT2D eigenvalue weighted by atomic mass is 17.2. The van der Waals surface area contributed by atoms with Crippen molar-refractivity contribution in [2.45, 2.75) is 104 Å². The van der Waals surface area contributed by atoms with E-state index in [0.29, 0.717) is 0 Å². The summed E-state index contributed by atoms with van der Waals surface area (Å²) in [6.07, 6.45) is -4.51. The van der Waals surface area contributed by atoms with E-state index in [-0.39, 0.29) is 6.61 Å². The fraction of sp³-hybridized carbons (Fsp3) is 0.615. The van der Waals surface area contributed by atoms with Crippen LogP contribution in [0.2, 0.25) is 0 Å². The molecule has 12 nitrogen and oxygen atoms in total. The van der Waals surface area contributed by atoms with E-state index in [1.54, 1.807) is 47.6 Å². The van der Waals surface area contributed by atoms with E-state index in [4.69, 9.17) is 24.0 Å². The number of esters is 1. The monoisotopic (exact) mass is 540 g/mol. The maximum atomic E-state index is 12.9. The standard InChI is InChI=1S/C26H40N2O10/c1-15-11-10-12-18(13-15)14-34-21(30)20(28-24(33)36-26(7,8)9)17(3)37-38-22(31)19(16(2)29)27-23(32)35-25(4,5)6/h10-13,16-17,19-20,29H,14H2,1-9H3,(H,27,32)(H,28,33). The quantitative estimate of drug-likeness (QED) is 0.174. The average molecular weight is 541 g/mol. The lowest BCUT2D eigenvalue weighted by Crippen LogP contribution is -2.52. The number of carbonyl (C=O) groups excluding carboxylic acids is 4. The van der Waals surface area contributed by atoms with Crippen molar-refractivity contribution in [2.24, 2.45) is 0 Å². The number of aliphatic hydroxyl groups excluding tert-OH is 1. The smallest absolute Gasteiger partial charge is 0.408 e. The van der Waals surface area contributed by atoms with Gasteiger partial charge in [-0.3, -0.25) is 4.89 Å². The van der Waals surface area contributed by atoms with Crippen molar-refractivity contribution in [1.82, 2.24) is 10.6 Å². The summed E-state index contributed by atoms with van der Waals surface area (Å²) >= 11 is 0. The van der Waals surface area contributed by atoms with Crippen LogP contribution in [0.4, 0.5) is 9.59 Å². The number of hydrogen-bond donors (Lipinski definition) is 3. The van der Waals surface area contributed by atoms with Gasteiger partial charge in [-0.15, -0.1) is 0 Å². The van der Waals surface area contributed by atoms with Crippen LogP contribution in [-0.2, 0) is 40.2 Å². The third-order valence-corrected chi connectivity index (χ3v) is 4.55. The van der Waals surface area contributed by atoms with E-state index in [1.807, 2.05) is 25.1 Å². The Morgan fingerprint density at radius 2 is 1.39 bits per heavy atom. The van der Waals surface area contributed by atoms with Gasteiger partial charge in [-0.1, -0.05) is 29.8 Å². The highest BCUT2D eigenvalue weighted by Crippen LogP contribution is 2.12. The Balaban J connectivity index is 2.92. The van der Waals surface area contributed by atoms with Crippen molar-refractivity contribution in [2.75, 3.05) is 0 Å². The maximum Gasteiger partial charge on any atom is 0.408 e. The summed E-state index contributed by atoms with van der Waals surface area (Å²) in [5.41, 5.74) is -0.00331. The van der Waals surface area contributed by atoms with E-state index in [2.05, 4.69) is 10.6 Å². The zero-order valence-corrected chi connectivity index (χ0v) is 23.4. The number of aryl methyl sites for hydroxylation is 1. The van der Waals surface area contributed by atoms with Crippen LogP contribution >= 0.6 is 0 Å². The lowest BCUT2D eigenvalue weighted by atomic mass is 10.1. The normalized spacial score (nSPS) is 14.8. The number of aliphatic hydroxyl groups is 1. The predicted octanol–water partition coefficient (Wildman–Crippen LogP) is 3.07. The number of alkyl carbamates (subject to hydrolysis) is 2. The fourth-order valence-corrected chi connectivity index (χ4v) is 2.89. The van der Waals surface area contributed by atoms with Crippen molar-refractivity contribution < 1.29 is 48.3 Å². The molecule has 38 heavy (non-hydrogen) atoms. The van der Waals surface area contributed by atoms with Gasteiger partial charge in [0.1, 0.15) is 23.9 Å². The Morgan fingerprint density at radius 3 is 1.87 bits per heavy atom. The van der Waals surface area contributed by atoms with Gasteiger partial charge in [0.05, 0.1) is 6.10 Å². The summed E-state index contributed by atoms with van der Waals surface area (Å²) in [7, 11) is 0. The van der Waals surface area contributed by atoms with Crippen LogP contribution < -0.4 is 10.6 Å². The molecule has 0 radical (unpaired) electrons. The van der Waals surface area contributed by atoms with Gasteiger partial charge < -0.3 is 30.0 Å². The summed E-state index contributed by atoms with van der Waals surface area (Å²) in [5.74, 6) is -2.04. The molecule has 214 valence electrons. The molecule has 12 heteroatoms. The lowest BCUT2D eigenvalue weighted by Gasteiger charge is -2.26. The van der Waals surface area contributed by atoms with Gasteiger partial charge in [-0.2, -0.15) is 4.89 Å². The largest absolute Gasteiger partial charge is 0.459 e. The van der Waals surface area contributed by atoms with E-state index >= 15 is 0 Å². The summed E-state index contributed by atoms with van der Waals surface area (Å²) in [6, 6.07) is 4.32. The van der Waals surface area contributed by atoms with Crippen LogP contribution in [0.1, 0.15) is 66.5 Å². The summed E-state index contributed by atoms with van der Waals surface area (Å²) in [5, 5.41) is 14.5. The first-order chi connectivity index (χ1) is 17.4. The lowest BCUT2D eigenvalue weighted by molar-refractivity contribution is -0.301. The molecule has 4 unspecified atom stereocenters. The molecule has 4 atom stereocenters. The SMILES string of the molecule is Cc1cccc(COC(=O)C(NC(=O)OC(C)(C)C)C(C)OOC(=O)C(NC(=O)OC(C)(C)C)C(C)O)c1. The molecule has 1 rings (SSSR count). The van der Waals surface area contributed by atoms with Crippen molar-refractivity contribution in [1.29, 1.82) is 0 Å². The van der Waals surface area contributed by atoms with E-state index in [9.17, 15) is 24.3 Å². The topological polar surface area (TPSA) is 159 Å². The average Bonchev–Trinajstić information content (AvgIpc) is 2.75. The minimum atomic E-state index is -1.54. The molecule has 0 fully saturated rings. The number of amides is 2. The maximum absolute atomic E-state index is 12.9. The number of hydrogen-bond acceptors (Lipinski definition) is 10. The molecule has 1 aromatic rings. The highest BCUT2D eigenvalue weighted by molar-refractivity contribution is 5.83. The molecule has 0 saturated heterocycles. The minimum Gasteiger partial charge on any atom is -0.459 e. The first-order valence-corrected chi connectivity index (χ1v) is 12.1. The number of carbonyl (C=O) groups is 4. The minimum absolute atomic E-state index is 0.0799. The van der Waals surface area contributed by atoms with Crippen molar-refractivity contribution in [3.63, 3.8) is 0 Å². The third-order valence-electron chi connectivity index (χ3n) is 4.55. The number of ether oxygens (including phenoxy) is 3. The van der Waals surface area contributed by atoms with Gasteiger partial charge in [0.2, 0.25) is 0 Å². The van der Waals surface area contributed by atoms with Crippen molar-refractivity contribution >= 4 is 24.1 Å². The summed E-state index contributed by atoms with van der Waals surface area (Å²) in [4.78, 5) is 59.7. The number of benzene rings is 1. The molecular weight excluding hydrogens is 500 g/mol. The molecule has 0 spiro atoms. The van der Waals surface area contributed by atoms with Gasteiger partial charge in [-0.05, 0) is 67.9 Å². The molecule has 0 bridgehead atoms. The van der Waals surface area contributed by atoms with Gasteiger partial charge in [-0.25, -0.2) is 19.2 Å². The van der Waals surface area contributed by atoms with Gasteiger partial charge in [0.25, 0.3) is 0 Å². The van der Waals surface area contributed by atoms with Crippen LogP contribution in [-0.4, -0.2) is 64.7 Å². The second kappa shape index (κ2) is 14.0. The van der Waals surface area contributed by atoms with E-state index < -0.39 is 59.6 Å². The summed E-state index contributed by atoms with van der Waals surface area (Å²) < 4.78 is 15.6. The predicted molar refractivity (Wildman–Crippen MR) is 136 cm³/mol. The van der Waals surface area contributed by atoms with Crippen molar-refractivity contribution in [3.05, 3.63) is 35.4 Å². The van der Waals surface area contributed by atoms with Crippen molar-refractivity contribution in [3.8, 4) is 0 Å². The van der Waals surface area contributed by atoms with Crippen LogP contribution in [0.15, 0.2) is 24.3 Å². The Hall–Kier alpha value is -3.38. The van der Waals surface area contributed by atoms with Crippen LogP contribution in [0.25, 0.3) is 0 Å². The van der Waals surface area contributed by atoms with Gasteiger partial charge in [0, 0.05) is 0 Å². The Labute approximate surface area is 223 Å². The second-order valence-electron chi connectivity index (χ2n) is 10.8. The molecular formula is C26H40N2O10. The van der Waals surface area contributed by atoms with Gasteiger partial charge >= 0.3 is 24.1 Å². The van der Waals surface area contributed by atoms with E-state index in [0.717, 1.165) is 11.1 Å². The molecule has 0 aliphatic heterocycles. The fourth-order valence-electron chi connectivity index (χ4n) is 2.89. The Kier molecular flexibility index (Phi) is 12.0. The second-order valence-corrected chi connectivity index (χ2v) is 10.8. The van der Waals surface area contributed by atoms with Crippen LogP contribution in [0.5, 0.6) is 0 Å². The van der Waals surface area contributed by atoms with Crippen LogP contribution in [0.3, 0.4) is 0 Å². The highest BCUT2D eigenvalue weighted by Gasteiger charge is 2.35. The molecule has 2 amide bonds. The first-order valence-electron chi connectivity index (χ1n) is 12.1. The molecule has 0 saturated carbocycles. The number of rotatable bonds is 10. The third kappa shape index (κ3) is 12.7.